The zero-order chi connectivity index (χ0) is 11.6. The van der Waals surface area contributed by atoms with E-state index in [9.17, 15) is 0 Å². The Bertz CT molecular complexity index is 444. The van der Waals surface area contributed by atoms with Gasteiger partial charge in [0, 0.05) is 31.3 Å². The standard InChI is InChI=1S/C13H17NO2/c1-13(16-2,7-8-15)12-9-10-5-3-4-6-11(10)14-12/h3-6,9,14-15H,7-8H2,1-2H3. The molecule has 1 atom stereocenters. The van der Waals surface area contributed by atoms with Gasteiger partial charge in [0.15, 0.2) is 0 Å². The van der Waals surface area contributed by atoms with E-state index in [1.54, 1.807) is 7.11 Å². The maximum atomic E-state index is 9.08. The summed E-state index contributed by atoms with van der Waals surface area (Å²) in [6.07, 6.45) is 0.580. The van der Waals surface area contributed by atoms with Gasteiger partial charge in [-0.15, -0.1) is 0 Å². The molecule has 0 amide bonds. The summed E-state index contributed by atoms with van der Waals surface area (Å²) in [7, 11) is 1.67. The average molecular weight is 219 g/mol. The quantitative estimate of drug-likeness (QED) is 0.829. The molecule has 0 fully saturated rings. The van der Waals surface area contributed by atoms with E-state index in [4.69, 9.17) is 9.84 Å². The largest absolute Gasteiger partial charge is 0.396 e. The van der Waals surface area contributed by atoms with Crippen LogP contribution in [0.5, 0.6) is 0 Å². The van der Waals surface area contributed by atoms with Crippen molar-refractivity contribution in [3.63, 3.8) is 0 Å². The topological polar surface area (TPSA) is 45.2 Å². The third kappa shape index (κ3) is 1.84. The molecule has 0 bridgehead atoms. The van der Waals surface area contributed by atoms with Crippen LogP contribution in [0.1, 0.15) is 19.0 Å². The van der Waals surface area contributed by atoms with Crippen molar-refractivity contribution >= 4 is 10.9 Å². The van der Waals surface area contributed by atoms with Gasteiger partial charge in [0.1, 0.15) is 5.60 Å². The van der Waals surface area contributed by atoms with E-state index < -0.39 is 5.60 Å². The molecule has 2 rings (SSSR count). The first-order chi connectivity index (χ1) is 7.69. The van der Waals surface area contributed by atoms with Gasteiger partial charge in [-0.3, -0.25) is 0 Å². The summed E-state index contributed by atoms with van der Waals surface area (Å²) in [5.41, 5.74) is 1.65. The number of hydrogen-bond donors (Lipinski definition) is 2. The molecule has 1 heterocycles. The van der Waals surface area contributed by atoms with E-state index in [2.05, 4.69) is 17.1 Å². The minimum absolute atomic E-state index is 0.111. The lowest BCUT2D eigenvalue weighted by Gasteiger charge is -2.26. The van der Waals surface area contributed by atoms with E-state index in [0.29, 0.717) is 6.42 Å². The predicted octanol–water partition coefficient (Wildman–Crippen LogP) is 2.41. The third-order valence-electron chi connectivity index (χ3n) is 3.14. The van der Waals surface area contributed by atoms with Crippen molar-refractivity contribution in [3.8, 4) is 0 Å². The fraction of sp³-hybridized carbons (Fsp3) is 0.385. The van der Waals surface area contributed by atoms with Gasteiger partial charge in [-0.25, -0.2) is 0 Å². The molecule has 2 aromatic rings. The van der Waals surface area contributed by atoms with E-state index in [-0.39, 0.29) is 6.61 Å². The number of benzene rings is 1. The van der Waals surface area contributed by atoms with Crippen molar-refractivity contribution in [2.75, 3.05) is 13.7 Å². The molecule has 1 aromatic heterocycles. The number of rotatable bonds is 4. The van der Waals surface area contributed by atoms with Crippen molar-refractivity contribution in [1.29, 1.82) is 0 Å². The summed E-state index contributed by atoms with van der Waals surface area (Å²) >= 11 is 0. The summed E-state index contributed by atoms with van der Waals surface area (Å²) in [5, 5.41) is 10.2. The summed E-state index contributed by atoms with van der Waals surface area (Å²) in [6.45, 7) is 2.09. The number of methoxy groups -OCH3 is 1. The molecule has 86 valence electrons. The minimum atomic E-state index is -0.451. The molecule has 2 N–H and O–H groups in total. The molecule has 1 aromatic carbocycles. The van der Waals surface area contributed by atoms with E-state index >= 15 is 0 Å². The SMILES string of the molecule is COC(C)(CCO)c1cc2ccccc2[nH]1. The fourth-order valence-electron chi connectivity index (χ4n) is 1.92. The lowest BCUT2D eigenvalue weighted by molar-refractivity contribution is -0.0202. The van der Waals surface area contributed by atoms with Crippen LogP contribution in [-0.2, 0) is 10.3 Å². The molecule has 1 unspecified atom stereocenters. The van der Waals surface area contributed by atoms with Crippen LogP contribution in [0.15, 0.2) is 30.3 Å². The Morgan fingerprint density at radius 3 is 2.75 bits per heavy atom. The molecule has 0 aliphatic carbocycles. The van der Waals surface area contributed by atoms with Crippen molar-refractivity contribution in [2.45, 2.75) is 18.9 Å². The van der Waals surface area contributed by atoms with E-state index in [1.807, 2.05) is 25.1 Å². The number of aromatic nitrogens is 1. The maximum Gasteiger partial charge on any atom is 0.107 e. The normalized spacial score (nSPS) is 15.2. The highest BCUT2D eigenvalue weighted by Gasteiger charge is 2.27. The molecule has 0 aliphatic heterocycles. The van der Waals surface area contributed by atoms with Crippen LogP contribution < -0.4 is 0 Å². The highest BCUT2D eigenvalue weighted by molar-refractivity contribution is 5.80. The van der Waals surface area contributed by atoms with Gasteiger partial charge in [-0.05, 0) is 24.4 Å². The summed E-state index contributed by atoms with van der Waals surface area (Å²) in [5.74, 6) is 0. The summed E-state index contributed by atoms with van der Waals surface area (Å²) in [6, 6.07) is 10.2. The second-order valence-corrected chi connectivity index (χ2v) is 4.18. The Balaban J connectivity index is 2.45. The Morgan fingerprint density at radius 2 is 2.12 bits per heavy atom. The number of hydrogen-bond acceptors (Lipinski definition) is 2. The number of ether oxygens (including phenoxy) is 1. The maximum absolute atomic E-state index is 9.08. The van der Waals surface area contributed by atoms with Crippen LogP contribution in [0.2, 0.25) is 0 Å². The summed E-state index contributed by atoms with van der Waals surface area (Å²) in [4.78, 5) is 3.34. The fourth-order valence-corrected chi connectivity index (χ4v) is 1.92. The Labute approximate surface area is 95.1 Å². The zero-order valence-electron chi connectivity index (χ0n) is 9.66. The van der Waals surface area contributed by atoms with Crippen LogP contribution in [-0.4, -0.2) is 23.8 Å². The van der Waals surface area contributed by atoms with Crippen molar-refractivity contribution in [1.82, 2.24) is 4.98 Å². The van der Waals surface area contributed by atoms with Crippen molar-refractivity contribution in [3.05, 3.63) is 36.0 Å². The smallest absolute Gasteiger partial charge is 0.107 e. The third-order valence-corrected chi connectivity index (χ3v) is 3.14. The Hall–Kier alpha value is -1.32. The molecule has 3 heteroatoms. The zero-order valence-corrected chi connectivity index (χ0v) is 9.66. The number of para-hydroxylation sites is 1. The first-order valence-corrected chi connectivity index (χ1v) is 5.44. The van der Waals surface area contributed by atoms with Crippen molar-refractivity contribution < 1.29 is 9.84 Å². The highest BCUT2D eigenvalue weighted by atomic mass is 16.5. The molecular weight excluding hydrogens is 202 g/mol. The lowest BCUT2D eigenvalue weighted by Crippen LogP contribution is -2.26. The Kier molecular flexibility index (Phi) is 2.99. The van der Waals surface area contributed by atoms with Gasteiger partial charge in [-0.1, -0.05) is 18.2 Å². The van der Waals surface area contributed by atoms with Crippen molar-refractivity contribution in [2.24, 2.45) is 0 Å². The molecule has 0 aliphatic rings. The van der Waals surface area contributed by atoms with Gasteiger partial charge in [0.25, 0.3) is 0 Å². The molecule has 16 heavy (non-hydrogen) atoms. The van der Waals surface area contributed by atoms with Gasteiger partial charge in [-0.2, -0.15) is 0 Å². The number of aliphatic hydroxyl groups excluding tert-OH is 1. The average Bonchev–Trinajstić information content (AvgIpc) is 2.73. The number of H-pyrrole nitrogens is 1. The molecule has 0 radical (unpaired) electrons. The molecule has 0 saturated heterocycles. The van der Waals surface area contributed by atoms with Crippen LogP contribution >= 0.6 is 0 Å². The Morgan fingerprint density at radius 1 is 1.38 bits per heavy atom. The van der Waals surface area contributed by atoms with Gasteiger partial charge < -0.3 is 14.8 Å². The number of nitrogens with one attached hydrogen (secondary N) is 1. The first-order valence-electron chi connectivity index (χ1n) is 5.44. The molecule has 3 nitrogen and oxygen atoms in total. The van der Waals surface area contributed by atoms with Crippen LogP contribution in [0.4, 0.5) is 0 Å². The monoisotopic (exact) mass is 219 g/mol. The second-order valence-electron chi connectivity index (χ2n) is 4.18. The van der Waals surface area contributed by atoms with Gasteiger partial charge in [0.05, 0.1) is 0 Å². The molecular formula is C13H17NO2. The summed E-state index contributed by atoms with van der Waals surface area (Å²) < 4.78 is 5.50. The number of aromatic amines is 1. The van der Waals surface area contributed by atoms with Gasteiger partial charge >= 0.3 is 0 Å². The predicted molar refractivity (Wildman–Crippen MR) is 64.4 cm³/mol. The first kappa shape index (κ1) is 11.2. The number of aliphatic hydroxyl groups is 1. The van der Waals surface area contributed by atoms with E-state index in [1.165, 1.54) is 5.39 Å². The van der Waals surface area contributed by atoms with Crippen LogP contribution in [0, 0.1) is 0 Å². The van der Waals surface area contributed by atoms with Gasteiger partial charge in [0.2, 0.25) is 0 Å². The van der Waals surface area contributed by atoms with Crippen LogP contribution in [0.25, 0.3) is 10.9 Å². The minimum Gasteiger partial charge on any atom is -0.396 e. The second kappa shape index (κ2) is 4.28. The van der Waals surface area contributed by atoms with E-state index in [0.717, 1.165) is 11.2 Å². The number of fused-ring (bicyclic) bond motifs is 1. The van der Waals surface area contributed by atoms with Crippen LogP contribution in [0.3, 0.4) is 0 Å². The highest BCUT2D eigenvalue weighted by Crippen LogP contribution is 2.30. The molecule has 0 spiro atoms. The lowest BCUT2D eigenvalue weighted by atomic mass is 9.98. The molecule has 0 saturated carbocycles.